The second kappa shape index (κ2) is 4.22. The van der Waals surface area contributed by atoms with Crippen molar-refractivity contribution >= 4 is 10.8 Å². The Morgan fingerprint density at radius 3 is 2.62 bits per heavy atom. The molecule has 2 nitrogen and oxygen atoms in total. The third-order valence-electron chi connectivity index (χ3n) is 2.84. The molecule has 0 amide bonds. The largest absolute Gasteiger partial charge is 0.309 e. The van der Waals surface area contributed by atoms with Gasteiger partial charge in [0.25, 0.3) is 0 Å². The molecular formula is C11H13F2NOS. The summed E-state index contributed by atoms with van der Waals surface area (Å²) < 4.78 is 39.1. The zero-order chi connectivity index (χ0) is 11.9. The molecule has 1 aromatic rings. The molecule has 1 N–H and O–H groups in total. The van der Waals surface area contributed by atoms with E-state index in [9.17, 15) is 13.0 Å². The van der Waals surface area contributed by atoms with E-state index < -0.39 is 22.4 Å². The second-order valence-corrected chi connectivity index (χ2v) is 5.56. The van der Waals surface area contributed by atoms with Crippen molar-refractivity contribution in [2.45, 2.75) is 30.0 Å². The van der Waals surface area contributed by atoms with Crippen LogP contribution >= 0.6 is 0 Å². The van der Waals surface area contributed by atoms with Gasteiger partial charge in [-0.1, -0.05) is 6.92 Å². The maximum atomic E-state index is 13.6. The van der Waals surface area contributed by atoms with Crippen LogP contribution in [0.1, 0.15) is 25.5 Å². The van der Waals surface area contributed by atoms with Crippen LogP contribution in [0.5, 0.6) is 0 Å². The van der Waals surface area contributed by atoms with E-state index in [1.807, 2.05) is 6.92 Å². The van der Waals surface area contributed by atoms with Gasteiger partial charge in [-0.25, -0.2) is 8.78 Å². The van der Waals surface area contributed by atoms with E-state index in [4.69, 9.17) is 0 Å². The number of nitrogens with one attached hydrogen (secondary N) is 1. The molecule has 0 spiro atoms. The average molecular weight is 245 g/mol. The van der Waals surface area contributed by atoms with Crippen molar-refractivity contribution in [1.29, 1.82) is 0 Å². The van der Waals surface area contributed by atoms with Crippen LogP contribution in [0.15, 0.2) is 17.0 Å². The van der Waals surface area contributed by atoms with Crippen molar-refractivity contribution in [3.8, 4) is 0 Å². The molecule has 0 bridgehead atoms. The van der Waals surface area contributed by atoms with E-state index >= 15 is 0 Å². The third-order valence-corrected chi connectivity index (χ3v) is 4.60. The standard InChI is InChI=1S/C11H13F2NOS/c1-3-14-10-6(2)16(15)11-8(13)5-4-7(12)9(10)11/h4-6,10,14H,3H2,1-2H3. The Kier molecular flexibility index (Phi) is 3.08. The summed E-state index contributed by atoms with van der Waals surface area (Å²) in [4.78, 5) is 0.0263. The van der Waals surface area contributed by atoms with Crippen LogP contribution in [0.4, 0.5) is 8.78 Å². The van der Waals surface area contributed by atoms with Crippen molar-refractivity contribution < 1.29 is 13.0 Å². The van der Waals surface area contributed by atoms with Crippen molar-refractivity contribution in [3.63, 3.8) is 0 Å². The molecule has 0 aromatic heterocycles. The van der Waals surface area contributed by atoms with Gasteiger partial charge in [0.15, 0.2) is 0 Å². The fraction of sp³-hybridized carbons (Fsp3) is 0.455. The van der Waals surface area contributed by atoms with Gasteiger partial charge in [-0.05, 0) is 25.6 Å². The summed E-state index contributed by atoms with van der Waals surface area (Å²) in [6.07, 6.45) is 0. The molecule has 1 heterocycles. The highest BCUT2D eigenvalue weighted by molar-refractivity contribution is 7.86. The summed E-state index contributed by atoms with van der Waals surface area (Å²) in [7, 11) is -1.47. The first-order valence-corrected chi connectivity index (χ1v) is 6.41. The highest BCUT2D eigenvalue weighted by atomic mass is 32.2. The highest BCUT2D eigenvalue weighted by Crippen LogP contribution is 2.39. The Morgan fingerprint density at radius 2 is 2.00 bits per heavy atom. The Hall–Kier alpha value is -0.810. The minimum absolute atomic E-state index is 0.0263. The highest BCUT2D eigenvalue weighted by Gasteiger charge is 2.39. The van der Waals surface area contributed by atoms with E-state index in [1.165, 1.54) is 0 Å². The van der Waals surface area contributed by atoms with Crippen LogP contribution in [0.25, 0.3) is 0 Å². The van der Waals surface area contributed by atoms with E-state index in [1.54, 1.807) is 6.92 Å². The molecule has 5 heteroatoms. The summed E-state index contributed by atoms with van der Waals surface area (Å²) in [5.74, 6) is -1.07. The fourth-order valence-electron chi connectivity index (χ4n) is 2.08. The lowest BCUT2D eigenvalue weighted by Crippen LogP contribution is -2.28. The van der Waals surface area contributed by atoms with Gasteiger partial charge in [0.1, 0.15) is 11.6 Å². The quantitative estimate of drug-likeness (QED) is 0.864. The van der Waals surface area contributed by atoms with Crippen LogP contribution in [0, 0.1) is 11.6 Å². The Morgan fingerprint density at radius 1 is 1.38 bits per heavy atom. The van der Waals surface area contributed by atoms with Gasteiger partial charge in [-0.2, -0.15) is 0 Å². The minimum Gasteiger partial charge on any atom is -0.309 e. The van der Waals surface area contributed by atoms with Gasteiger partial charge in [0.05, 0.1) is 27.0 Å². The predicted octanol–water partition coefficient (Wildman–Crippen LogP) is 2.13. The first-order chi connectivity index (χ1) is 7.57. The number of hydrogen-bond acceptors (Lipinski definition) is 2. The zero-order valence-electron chi connectivity index (χ0n) is 9.09. The summed E-state index contributed by atoms with van der Waals surface area (Å²) in [6.45, 7) is 4.24. The van der Waals surface area contributed by atoms with E-state index in [0.29, 0.717) is 6.54 Å². The Labute approximate surface area is 95.5 Å². The van der Waals surface area contributed by atoms with Gasteiger partial charge >= 0.3 is 0 Å². The maximum absolute atomic E-state index is 13.6. The predicted molar refractivity (Wildman–Crippen MR) is 58.6 cm³/mol. The molecule has 0 radical (unpaired) electrons. The smallest absolute Gasteiger partial charge is 0.139 e. The second-order valence-electron chi connectivity index (χ2n) is 3.81. The number of hydrogen-bond donors (Lipinski definition) is 1. The van der Waals surface area contributed by atoms with Gasteiger partial charge < -0.3 is 5.32 Å². The Bertz CT molecular complexity index is 450. The number of benzene rings is 1. The fourth-order valence-corrected chi connectivity index (χ4v) is 3.63. The van der Waals surface area contributed by atoms with Crippen LogP contribution in [0.2, 0.25) is 0 Å². The minimum atomic E-state index is -1.47. The molecule has 3 atom stereocenters. The SMILES string of the molecule is CCNC1c2c(F)ccc(F)c2S(=O)C1C. The monoisotopic (exact) mass is 245 g/mol. The number of rotatable bonds is 2. The molecule has 0 fully saturated rings. The van der Waals surface area contributed by atoms with Gasteiger partial charge in [0, 0.05) is 5.56 Å². The van der Waals surface area contributed by atoms with Crippen molar-refractivity contribution in [1.82, 2.24) is 5.32 Å². The molecule has 2 rings (SSSR count). The summed E-state index contributed by atoms with van der Waals surface area (Å²) in [5, 5.41) is 2.74. The molecule has 88 valence electrons. The topological polar surface area (TPSA) is 29.1 Å². The first kappa shape index (κ1) is 11.7. The van der Waals surface area contributed by atoms with Gasteiger partial charge in [-0.3, -0.25) is 4.21 Å². The van der Waals surface area contributed by atoms with Crippen molar-refractivity contribution in [2.24, 2.45) is 0 Å². The molecule has 1 aliphatic rings. The number of halogens is 2. The lowest BCUT2D eigenvalue weighted by molar-refractivity contribution is 0.498. The lowest BCUT2D eigenvalue weighted by Gasteiger charge is -2.16. The van der Waals surface area contributed by atoms with E-state index in [2.05, 4.69) is 5.32 Å². The zero-order valence-corrected chi connectivity index (χ0v) is 9.91. The van der Waals surface area contributed by atoms with Crippen LogP contribution in [-0.4, -0.2) is 16.0 Å². The van der Waals surface area contributed by atoms with Gasteiger partial charge in [-0.15, -0.1) is 0 Å². The third kappa shape index (κ3) is 1.58. The molecular weight excluding hydrogens is 232 g/mol. The molecule has 1 aromatic carbocycles. The summed E-state index contributed by atoms with van der Waals surface area (Å²) in [6, 6.07) is 1.76. The maximum Gasteiger partial charge on any atom is 0.139 e. The van der Waals surface area contributed by atoms with Crippen LogP contribution in [-0.2, 0) is 10.8 Å². The Balaban J connectivity index is 2.60. The molecule has 3 unspecified atom stereocenters. The molecule has 0 saturated carbocycles. The summed E-state index contributed by atoms with van der Waals surface area (Å²) in [5.41, 5.74) is 0.229. The van der Waals surface area contributed by atoms with E-state index in [0.717, 1.165) is 12.1 Å². The van der Waals surface area contributed by atoms with Crippen molar-refractivity contribution in [3.05, 3.63) is 29.3 Å². The first-order valence-electron chi connectivity index (χ1n) is 5.19. The molecule has 16 heavy (non-hydrogen) atoms. The van der Waals surface area contributed by atoms with Crippen molar-refractivity contribution in [2.75, 3.05) is 6.54 Å². The molecule has 1 aliphatic heterocycles. The number of fused-ring (bicyclic) bond motifs is 1. The van der Waals surface area contributed by atoms with Crippen LogP contribution in [0.3, 0.4) is 0 Å². The summed E-state index contributed by atoms with van der Waals surface area (Å²) >= 11 is 0. The van der Waals surface area contributed by atoms with Crippen LogP contribution < -0.4 is 5.32 Å². The normalized spacial score (nSPS) is 28.1. The van der Waals surface area contributed by atoms with Gasteiger partial charge in [0.2, 0.25) is 0 Å². The lowest BCUT2D eigenvalue weighted by atomic mass is 10.0. The van der Waals surface area contributed by atoms with E-state index in [-0.39, 0.29) is 21.8 Å². The molecule has 0 aliphatic carbocycles. The average Bonchev–Trinajstić information content (AvgIpc) is 2.50. The molecule has 0 saturated heterocycles.